The molecule has 0 aliphatic carbocycles. The zero-order valence-corrected chi connectivity index (χ0v) is 30.0. The van der Waals surface area contributed by atoms with E-state index in [4.69, 9.17) is 19.9 Å². The van der Waals surface area contributed by atoms with Crippen LogP contribution < -0.4 is 21.1 Å². The highest BCUT2D eigenvalue weighted by Crippen LogP contribution is 2.36. The van der Waals surface area contributed by atoms with Gasteiger partial charge in [0, 0.05) is 30.8 Å². The predicted molar refractivity (Wildman–Crippen MR) is 183 cm³/mol. The van der Waals surface area contributed by atoms with E-state index in [1.165, 1.54) is 26.2 Å². The Morgan fingerprint density at radius 2 is 2.10 bits per heavy atom. The molecule has 2 amide bonds. The van der Waals surface area contributed by atoms with Crippen LogP contribution >= 0.6 is 11.3 Å². The average Bonchev–Trinajstić information content (AvgIpc) is 3.52. The molecule has 1 fully saturated rings. The highest BCUT2D eigenvalue weighted by molar-refractivity contribution is 7.80. The molecule has 0 spiro atoms. The lowest BCUT2D eigenvalue weighted by Crippen LogP contribution is -2.76. The van der Waals surface area contributed by atoms with Gasteiger partial charge in [-0.1, -0.05) is 24.2 Å². The SMILES string of the molecule is CC[C@H](O)CCC1=NCC(c2ccc3c(c2)CC[C@H]([C@](C)(O/N=C(\C(=O)N[C@@H]2C(=O)N(OS(=O)(=O)O)C2(C)C)c2csc(N)n2)C(=O)O)O3)CN1. The summed E-state index contributed by atoms with van der Waals surface area (Å²) in [6.45, 7) is 7.24. The normalized spacial score (nSPS) is 23.4. The molecular formula is C31H41N7O11S2. The number of thiazole rings is 1. The van der Waals surface area contributed by atoms with Crippen LogP contribution in [0.15, 0.2) is 33.7 Å². The number of aliphatic hydroxyl groups excluding tert-OH is 1. The molecule has 0 saturated carbocycles. The number of hydrogen-bond donors (Lipinski definition) is 6. The molecular weight excluding hydrogens is 711 g/mol. The summed E-state index contributed by atoms with van der Waals surface area (Å²) >= 11 is 0.971. The number of ether oxygens (including phenoxy) is 1. The highest BCUT2D eigenvalue weighted by Gasteiger charge is 2.58. The van der Waals surface area contributed by atoms with E-state index < -0.39 is 57.2 Å². The van der Waals surface area contributed by atoms with E-state index in [0.717, 1.165) is 28.3 Å². The predicted octanol–water partition coefficient (Wildman–Crippen LogP) is 1.16. The Morgan fingerprint density at radius 3 is 2.69 bits per heavy atom. The average molecular weight is 752 g/mol. The number of rotatable bonds is 14. The van der Waals surface area contributed by atoms with Crippen molar-refractivity contribution >= 4 is 56.2 Å². The largest absolute Gasteiger partial charge is 0.485 e. The number of carbonyl (C=O) groups is 3. The van der Waals surface area contributed by atoms with Crippen LogP contribution in [0.25, 0.3) is 0 Å². The first-order valence-electron chi connectivity index (χ1n) is 16.2. The number of amides is 2. The number of carboxylic acids is 1. The number of fused-ring (bicyclic) bond motifs is 1. The summed E-state index contributed by atoms with van der Waals surface area (Å²) < 4.78 is 41.9. The molecule has 278 valence electrons. The maximum absolute atomic E-state index is 13.5. The first-order chi connectivity index (χ1) is 23.9. The van der Waals surface area contributed by atoms with E-state index in [-0.39, 0.29) is 29.3 Å². The molecule has 1 unspecified atom stereocenters. The first kappa shape index (κ1) is 37.9. The Labute approximate surface area is 298 Å². The fraction of sp³-hybridized carbons (Fsp3) is 0.548. The third kappa shape index (κ3) is 8.25. The van der Waals surface area contributed by atoms with Gasteiger partial charge in [-0.15, -0.1) is 15.6 Å². The van der Waals surface area contributed by atoms with Crippen LogP contribution in [0.5, 0.6) is 5.75 Å². The Hall–Kier alpha value is -4.37. The second-order valence-electron chi connectivity index (χ2n) is 13.2. The number of carbonyl (C=O) groups excluding carboxylic acids is 2. The van der Waals surface area contributed by atoms with Crippen LogP contribution in [0.1, 0.15) is 76.1 Å². The first-order valence-corrected chi connectivity index (χ1v) is 18.4. The number of oxime groups is 1. The number of nitrogens with one attached hydrogen (secondary N) is 2. The van der Waals surface area contributed by atoms with Crippen LogP contribution in [0.3, 0.4) is 0 Å². The second kappa shape index (κ2) is 14.7. The van der Waals surface area contributed by atoms with Crippen molar-refractivity contribution < 1.29 is 51.4 Å². The number of carboxylic acid groups (broad SMARTS) is 1. The Balaban J connectivity index is 1.30. The van der Waals surface area contributed by atoms with Crippen molar-refractivity contribution in [2.24, 2.45) is 10.1 Å². The number of aliphatic hydroxyl groups is 1. The van der Waals surface area contributed by atoms with Crippen LogP contribution in [-0.2, 0) is 40.3 Å². The van der Waals surface area contributed by atoms with Gasteiger partial charge in [-0.05, 0) is 63.6 Å². The van der Waals surface area contributed by atoms with Gasteiger partial charge in [-0.2, -0.15) is 13.5 Å². The van der Waals surface area contributed by atoms with Gasteiger partial charge in [-0.3, -0.25) is 19.1 Å². The molecule has 5 rings (SSSR count). The molecule has 0 bridgehead atoms. The number of benzene rings is 1. The van der Waals surface area contributed by atoms with Crippen molar-refractivity contribution in [1.82, 2.24) is 20.7 Å². The molecule has 51 heavy (non-hydrogen) atoms. The minimum absolute atomic E-state index is 0.0638. The molecule has 1 aromatic carbocycles. The summed E-state index contributed by atoms with van der Waals surface area (Å²) in [5.74, 6) is -1.94. The Kier molecular flexibility index (Phi) is 10.9. The van der Waals surface area contributed by atoms with E-state index in [2.05, 4.69) is 30.0 Å². The van der Waals surface area contributed by atoms with Gasteiger partial charge in [0.05, 0.1) is 17.5 Å². The molecule has 0 radical (unpaired) electrons. The zero-order valence-electron chi connectivity index (χ0n) is 28.4. The standard InChI is InChI=1S/C31H41N7O11S2/c1-5-19(39)8-11-23-33-13-18(14-34-23)16-6-9-21-17(12-16)7-10-22(47-21)31(4,28(42)43)48-37-24(20-15-50-29(32)35-20)26(40)36-25-27(41)38(30(25,2)3)49-51(44,45)46/h6,9,12,15,18-19,22,25,39H,5,7-8,10-11,13-14H2,1-4H3,(H2,32,35)(H,33,34)(H,36,40)(H,42,43)(H,44,45,46)/b37-24-/t19-,22+,25+,31-/m0/s1. The minimum atomic E-state index is -5.03. The van der Waals surface area contributed by atoms with Crippen molar-refractivity contribution in [2.75, 3.05) is 18.8 Å². The van der Waals surface area contributed by atoms with Crippen molar-refractivity contribution in [2.45, 2.75) is 95.1 Å². The Morgan fingerprint density at radius 1 is 1.35 bits per heavy atom. The molecule has 3 aliphatic rings. The van der Waals surface area contributed by atoms with Gasteiger partial charge in [0.2, 0.25) is 0 Å². The number of aliphatic imine (C=N–C) groups is 1. The number of nitrogens with two attached hydrogens (primary N) is 1. The number of hydrogen-bond acceptors (Lipinski definition) is 15. The number of hydroxylamine groups is 2. The number of nitrogens with zero attached hydrogens (tertiary/aromatic N) is 4. The highest BCUT2D eigenvalue weighted by atomic mass is 32.3. The summed E-state index contributed by atoms with van der Waals surface area (Å²) in [7, 11) is -5.03. The third-order valence-electron chi connectivity index (χ3n) is 9.21. The number of aryl methyl sites for hydroxylation is 1. The fourth-order valence-electron chi connectivity index (χ4n) is 5.93. The molecule has 1 aromatic heterocycles. The number of aliphatic carboxylic acids is 1. The molecule has 1 saturated heterocycles. The van der Waals surface area contributed by atoms with Crippen LogP contribution in [-0.4, -0.2) is 105 Å². The topological polar surface area (TPSA) is 265 Å². The summed E-state index contributed by atoms with van der Waals surface area (Å²) in [4.78, 5) is 53.1. The lowest BCUT2D eigenvalue weighted by atomic mass is 9.84. The fourth-order valence-corrected chi connectivity index (χ4v) is 6.93. The number of aromatic nitrogens is 1. The third-order valence-corrected chi connectivity index (χ3v) is 10.2. The van der Waals surface area contributed by atoms with Crippen LogP contribution in [0.2, 0.25) is 0 Å². The van der Waals surface area contributed by atoms with Crippen molar-refractivity contribution in [3.8, 4) is 5.75 Å². The summed E-state index contributed by atoms with van der Waals surface area (Å²) in [6, 6.07) is 4.38. The van der Waals surface area contributed by atoms with E-state index in [9.17, 15) is 33.0 Å². The van der Waals surface area contributed by atoms with Gasteiger partial charge in [-0.25, -0.2) is 9.78 Å². The zero-order chi connectivity index (χ0) is 37.3. The lowest BCUT2D eigenvalue weighted by Gasteiger charge is -2.50. The molecule has 2 aromatic rings. The van der Waals surface area contributed by atoms with Gasteiger partial charge in [0.25, 0.3) is 17.4 Å². The van der Waals surface area contributed by atoms with E-state index in [0.29, 0.717) is 49.6 Å². The van der Waals surface area contributed by atoms with Gasteiger partial charge in [0.1, 0.15) is 17.5 Å². The lowest BCUT2D eigenvalue weighted by molar-refractivity contribution is -0.218. The molecule has 5 atom stereocenters. The van der Waals surface area contributed by atoms with E-state index in [1.54, 1.807) is 6.07 Å². The van der Waals surface area contributed by atoms with E-state index >= 15 is 0 Å². The molecule has 3 aliphatic heterocycles. The van der Waals surface area contributed by atoms with Crippen molar-refractivity contribution in [3.63, 3.8) is 0 Å². The smallest absolute Gasteiger partial charge is 0.418 e. The van der Waals surface area contributed by atoms with E-state index in [1.807, 2.05) is 19.1 Å². The maximum Gasteiger partial charge on any atom is 0.418 e. The summed E-state index contributed by atoms with van der Waals surface area (Å²) in [6.07, 6.45) is 1.35. The molecule has 18 nitrogen and oxygen atoms in total. The quantitative estimate of drug-likeness (QED) is 0.0685. The maximum atomic E-state index is 13.5. The molecule has 4 heterocycles. The van der Waals surface area contributed by atoms with Gasteiger partial charge >= 0.3 is 16.4 Å². The van der Waals surface area contributed by atoms with Crippen molar-refractivity contribution in [3.05, 3.63) is 40.4 Å². The number of anilines is 1. The molecule has 20 heteroatoms. The summed E-state index contributed by atoms with van der Waals surface area (Å²) in [5, 5.41) is 31.7. The second-order valence-corrected chi connectivity index (χ2v) is 15.1. The van der Waals surface area contributed by atoms with Crippen LogP contribution in [0.4, 0.5) is 5.13 Å². The number of amidine groups is 1. The number of β-lactam (4-membered cyclic amide) rings is 1. The van der Waals surface area contributed by atoms with Crippen molar-refractivity contribution in [1.29, 1.82) is 0 Å². The monoisotopic (exact) mass is 751 g/mol. The van der Waals surface area contributed by atoms with Gasteiger partial charge in [0.15, 0.2) is 16.9 Å². The Bertz CT molecular complexity index is 1850. The summed E-state index contributed by atoms with van der Waals surface area (Å²) in [5.41, 5.74) is 3.59. The minimum Gasteiger partial charge on any atom is -0.485 e. The molecule has 7 N–H and O–H groups in total. The number of nitrogen functional groups attached to an aromatic ring is 1. The van der Waals surface area contributed by atoms with Gasteiger partial charge < -0.3 is 36.2 Å². The van der Waals surface area contributed by atoms with Crippen LogP contribution in [0, 0.1) is 0 Å².